The van der Waals surface area contributed by atoms with Crippen molar-refractivity contribution < 1.29 is 8.42 Å². The van der Waals surface area contributed by atoms with Gasteiger partial charge in [0.2, 0.25) is 10.0 Å². The predicted molar refractivity (Wildman–Crippen MR) is 78.6 cm³/mol. The molecule has 0 radical (unpaired) electrons. The van der Waals surface area contributed by atoms with E-state index in [9.17, 15) is 8.42 Å². The Morgan fingerprint density at radius 3 is 2.55 bits per heavy atom. The quantitative estimate of drug-likeness (QED) is 0.817. The Balaban J connectivity index is 2.15. The van der Waals surface area contributed by atoms with Crippen LogP contribution in [0.25, 0.3) is 0 Å². The van der Waals surface area contributed by atoms with Crippen molar-refractivity contribution in [2.45, 2.75) is 11.4 Å². The Morgan fingerprint density at radius 1 is 1.25 bits per heavy atom. The Labute approximate surface area is 118 Å². The number of hydrogen-bond donors (Lipinski definition) is 2. The van der Waals surface area contributed by atoms with Gasteiger partial charge in [-0.15, -0.1) is 0 Å². The third-order valence-corrected chi connectivity index (χ3v) is 3.71. The van der Waals surface area contributed by atoms with E-state index >= 15 is 0 Å². The van der Waals surface area contributed by atoms with Gasteiger partial charge in [-0.3, -0.25) is 0 Å². The average Bonchev–Trinajstić information content (AvgIpc) is 2.38. The third-order valence-electron chi connectivity index (χ3n) is 2.81. The molecule has 1 aromatic heterocycles. The van der Waals surface area contributed by atoms with Crippen molar-refractivity contribution in [2.24, 2.45) is 5.14 Å². The number of primary sulfonamides is 1. The topological polar surface area (TPSA) is 102 Å². The molecule has 7 heteroatoms. The monoisotopic (exact) mass is 292 g/mol. The van der Waals surface area contributed by atoms with Crippen LogP contribution in [0.15, 0.2) is 47.5 Å². The number of anilines is 2. The van der Waals surface area contributed by atoms with Crippen molar-refractivity contribution in [1.82, 2.24) is 4.98 Å². The number of rotatable bonds is 4. The second-order valence-electron chi connectivity index (χ2n) is 4.50. The number of pyridine rings is 1. The van der Waals surface area contributed by atoms with Crippen LogP contribution in [0.2, 0.25) is 0 Å². The van der Waals surface area contributed by atoms with E-state index in [-0.39, 0.29) is 4.90 Å². The second-order valence-corrected chi connectivity index (χ2v) is 6.06. The van der Waals surface area contributed by atoms with Crippen LogP contribution < -0.4 is 15.8 Å². The van der Waals surface area contributed by atoms with E-state index in [1.54, 1.807) is 6.07 Å². The molecule has 0 bridgehead atoms. The molecule has 106 valence electrons. The van der Waals surface area contributed by atoms with Gasteiger partial charge in [-0.05, 0) is 29.8 Å². The Morgan fingerprint density at radius 2 is 2.00 bits per heavy atom. The van der Waals surface area contributed by atoms with Gasteiger partial charge < -0.3 is 10.6 Å². The first kappa shape index (κ1) is 14.3. The summed E-state index contributed by atoms with van der Waals surface area (Å²) in [6.45, 7) is 0.618. The maximum absolute atomic E-state index is 11.2. The van der Waals surface area contributed by atoms with Crippen LogP contribution in [0.3, 0.4) is 0 Å². The molecule has 1 aromatic carbocycles. The highest BCUT2D eigenvalue weighted by molar-refractivity contribution is 7.89. The molecule has 0 aliphatic carbocycles. The Hall–Kier alpha value is -2.12. The fraction of sp³-hybridized carbons (Fsp3) is 0.154. The largest absolute Gasteiger partial charge is 0.399 e. The lowest BCUT2D eigenvalue weighted by Gasteiger charge is -2.18. The third kappa shape index (κ3) is 3.46. The number of sulfonamides is 1. The number of nitrogen functional groups attached to an aromatic ring is 1. The summed E-state index contributed by atoms with van der Waals surface area (Å²) < 4.78 is 22.3. The zero-order chi connectivity index (χ0) is 14.8. The SMILES string of the molecule is CN(Cc1cccc(N)c1)c1ccc(S(N)(=O)=O)cn1. The van der Waals surface area contributed by atoms with Gasteiger partial charge in [-0.25, -0.2) is 18.5 Å². The van der Waals surface area contributed by atoms with Crippen LogP contribution in [0, 0.1) is 0 Å². The van der Waals surface area contributed by atoms with Gasteiger partial charge in [0.05, 0.1) is 0 Å². The summed E-state index contributed by atoms with van der Waals surface area (Å²) >= 11 is 0. The summed E-state index contributed by atoms with van der Waals surface area (Å²) in [7, 11) is -1.84. The van der Waals surface area contributed by atoms with E-state index < -0.39 is 10.0 Å². The molecular formula is C13H16N4O2S. The van der Waals surface area contributed by atoms with Gasteiger partial charge in [0.1, 0.15) is 10.7 Å². The summed E-state index contributed by atoms with van der Waals surface area (Å²) in [5.74, 6) is 0.653. The molecule has 0 aliphatic heterocycles. The molecule has 20 heavy (non-hydrogen) atoms. The first-order valence-corrected chi connectivity index (χ1v) is 7.45. The van der Waals surface area contributed by atoms with Crippen molar-refractivity contribution >= 4 is 21.5 Å². The van der Waals surface area contributed by atoms with E-state index in [2.05, 4.69) is 4.98 Å². The molecule has 1 heterocycles. The zero-order valence-corrected chi connectivity index (χ0v) is 11.8. The maximum atomic E-state index is 11.2. The van der Waals surface area contributed by atoms with Crippen LogP contribution in [-0.4, -0.2) is 20.4 Å². The van der Waals surface area contributed by atoms with Gasteiger partial charge >= 0.3 is 0 Å². The lowest BCUT2D eigenvalue weighted by molar-refractivity contribution is 0.597. The summed E-state index contributed by atoms with van der Waals surface area (Å²) in [5.41, 5.74) is 7.47. The average molecular weight is 292 g/mol. The van der Waals surface area contributed by atoms with E-state index in [4.69, 9.17) is 10.9 Å². The highest BCUT2D eigenvalue weighted by Crippen LogP contribution is 2.16. The minimum absolute atomic E-state index is 0.00129. The highest BCUT2D eigenvalue weighted by atomic mass is 32.2. The fourth-order valence-corrected chi connectivity index (χ4v) is 2.27. The fourth-order valence-electron chi connectivity index (χ4n) is 1.81. The van der Waals surface area contributed by atoms with Gasteiger partial charge in [-0.2, -0.15) is 0 Å². The molecule has 6 nitrogen and oxygen atoms in total. The van der Waals surface area contributed by atoms with Crippen LogP contribution in [0.5, 0.6) is 0 Å². The van der Waals surface area contributed by atoms with Crippen LogP contribution in [-0.2, 0) is 16.6 Å². The number of benzene rings is 1. The Bertz CT molecular complexity index is 699. The first-order chi connectivity index (χ1) is 9.36. The molecule has 4 N–H and O–H groups in total. The van der Waals surface area contributed by atoms with Crippen molar-refractivity contribution in [1.29, 1.82) is 0 Å². The van der Waals surface area contributed by atoms with Crippen molar-refractivity contribution in [3.63, 3.8) is 0 Å². The maximum Gasteiger partial charge on any atom is 0.239 e. The molecule has 0 saturated carbocycles. The van der Waals surface area contributed by atoms with E-state index in [1.165, 1.54) is 12.3 Å². The molecule has 0 aliphatic rings. The normalized spacial score (nSPS) is 11.3. The van der Waals surface area contributed by atoms with Crippen LogP contribution in [0.1, 0.15) is 5.56 Å². The number of aromatic nitrogens is 1. The molecular weight excluding hydrogens is 276 g/mol. The number of nitrogens with two attached hydrogens (primary N) is 2. The van der Waals surface area contributed by atoms with Crippen molar-refractivity contribution in [3.05, 3.63) is 48.2 Å². The number of nitrogens with zero attached hydrogens (tertiary/aromatic N) is 2. The van der Waals surface area contributed by atoms with Crippen molar-refractivity contribution in [3.8, 4) is 0 Å². The molecule has 0 fully saturated rings. The van der Waals surface area contributed by atoms with Gasteiger partial charge in [0.25, 0.3) is 0 Å². The molecule has 0 saturated heterocycles. The van der Waals surface area contributed by atoms with Gasteiger partial charge in [0, 0.05) is 25.5 Å². The van der Waals surface area contributed by atoms with E-state index in [1.807, 2.05) is 36.2 Å². The first-order valence-electron chi connectivity index (χ1n) is 5.90. The van der Waals surface area contributed by atoms with Crippen LogP contribution >= 0.6 is 0 Å². The van der Waals surface area contributed by atoms with Crippen molar-refractivity contribution in [2.75, 3.05) is 17.7 Å². The minimum Gasteiger partial charge on any atom is -0.399 e. The minimum atomic E-state index is -3.71. The second kappa shape index (κ2) is 5.48. The molecule has 2 aromatic rings. The predicted octanol–water partition coefficient (Wildman–Crippen LogP) is 0.948. The lowest BCUT2D eigenvalue weighted by atomic mass is 10.2. The summed E-state index contributed by atoms with van der Waals surface area (Å²) in [6.07, 6.45) is 1.25. The summed E-state index contributed by atoms with van der Waals surface area (Å²) in [5, 5.41) is 5.03. The van der Waals surface area contributed by atoms with Gasteiger partial charge in [-0.1, -0.05) is 12.1 Å². The molecule has 0 unspecified atom stereocenters. The lowest BCUT2D eigenvalue weighted by Crippen LogP contribution is -2.18. The molecule has 0 atom stereocenters. The summed E-state index contributed by atoms with van der Waals surface area (Å²) in [6, 6.07) is 10.6. The van der Waals surface area contributed by atoms with E-state index in [0.29, 0.717) is 18.1 Å². The standard InChI is InChI=1S/C13H16N4O2S/c1-17(9-10-3-2-4-11(14)7-10)13-6-5-12(8-16-13)20(15,18)19/h2-8H,9,14H2,1H3,(H2,15,18,19). The molecule has 0 amide bonds. The van der Waals surface area contributed by atoms with Gasteiger partial charge in [0.15, 0.2) is 0 Å². The molecule has 2 rings (SSSR count). The smallest absolute Gasteiger partial charge is 0.239 e. The number of hydrogen-bond acceptors (Lipinski definition) is 5. The highest BCUT2D eigenvalue weighted by Gasteiger charge is 2.09. The van der Waals surface area contributed by atoms with Crippen LogP contribution in [0.4, 0.5) is 11.5 Å². The summed E-state index contributed by atoms with van der Waals surface area (Å²) in [4.78, 5) is 5.99. The Kier molecular flexibility index (Phi) is 3.91. The molecule has 0 spiro atoms. The van der Waals surface area contributed by atoms with E-state index in [0.717, 1.165) is 5.56 Å². The zero-order valence-electron chi connectivity index (χ0n) is 11.0.